The second kappa shape index (κ2) is 13.7. The van der Waals surface area contributed by atoms with Crippen molar-refractivity contribution in [2.75, 3.05) is 6.54 Å². The van der Waals surface area contributed by atoms with Crippen molar-refractivity contribution >= 4 is 34.5 Å². The molecule has 1 fully saturated rings. The van der Waals surface area contributed by atoms with Gasteiger partial charge in [0.25, 0.3) is 5.91 Å². The third-order valence-corrected chi connectivity index (χ3v) is 7.56. The number of ether oxygens (including phenoxy) is 1. The molecule has 4 atom stereocenters. The summed E-state index contributed by atoms with van der Waals surface area (Å²) in [5.41, 5.74) is 4.78. The molecule has 41 heavy (non-hydrogen) atoms. The molecule has 2 aliphatic rings. The van der Waals surface area contributed by atoms with E-state index in [1.54, 1.807) is 6.92 Å². The topological polar surface area (TPSA) is 130 Å². The number of carbonyl (C=O) groups excluding carboxylic acids is 4. The molecule has 1 aromatic carbocycles. The van der Waals surface area contributed by atoms with E-state index in [9.17, 15) is 19.2 Å². The van der Waals surface area contributed by atoms with Crippen molar-refractivity contribution in [1.82, 2.24) is 26.1 Å². The smallest absolute Gasteiger partial charge is 0.325 e. The Balaban J connectivity index is 1.56. The van der Waals surface area contributed by atoms with Crippen LogP contribution in [0.2, 0.25) is 0 Å². The number of amides is 3. The number of allylic oxidation sites excluding steroid dienone is 2. The molecule has 220 valence electrons. The summed E-state index contributed by atoms with van der Waals surface area (Å²) in [5.74, 6) is -1.60. The van der Waals surface area contributed by atoms with Gasteiger partial charge >= 0.3 is 5.97 Å². The van der Waals surface area contributed by atoms with Gasteiger partial charge in [-0.1, -0.05) is 38.1 Å². The molecule has 2 aliphatic heterocycles. The monoisotopic (exact) mass is 563 g/mol. The predicted octanol–water partition coefficient (Wildman–Crippen LogP) is 3.26. The fourth-order valence-corrected chi connectivity index (χ4v) is 5.09. The lowest BCUT2D eigenvalue weighted by molar-refractivity contribution is -0.157. The van der Waals surface area contributed by atoms with Crippen LogP contribution in [0.1, 0.15) is 77.2 Å². The minimum Gasteiger partial charge on any atom is -0.457 e. The summed E-state index contributed by atoms with van der Waals surface area (Å²) in [5, 5.41) is 8.96. The van der Waals surface area contributed by atoms with Crippen LogP contribution in [-0.4, -0.2) is 58.4 Å². The lowest BCUT2D eigenvalue weighted by Gasteiger charge is -2.35. The van der Waals surface area contributed by atoms with Gasteiger partial charge in [0, 0.05) is 36.7 Å². The third kappa shape index (κ3) is 7.91. The van der Waals surface area contributed by atoms with Crippen molar-refractivity contribution in [3.8, 4) is 0 Å². The summed E-state index contributed by atoms with van der Waals surface area (Å²) in [7, 11) is 0. The summed E-state index contributed by atoms with van der Waals surface area (Å²) < 4.78 is 5.81. The van der Waals surface area contributed by atoms with E-state index in [-0.39, 0.29) is 17.7 Å². The molecule has 4 rings (SSSR count). The molecule has 5 bridgehead atoms. The van der Waals surface area contributed by atoms with E-state index in [0.717, 1.165) is 28.5 Å². The molecular weight excluding hydrogens is 522 g/mol. The summed E-state index contributed by atoms with van der Waals surface area (Å²) in [6.45, 7) is 7.53. The Morgan fingerprint density at radius 1 is 1.00 bits per heavy atom. The minimum atomic E-state index is -0.852. The fraction of sp³-hybridized carbons (Fsp3) is 0.516. The number of benzene rings is 1. The van der Waals surface area contributed by atoms with Crippen LogP contribution in [0.5, 0.6) is 0 Å². The van der Waals surface area contributed by atoms with Crippen LogP contribution < -0.4 is 16.1 Å². The summed E-state index contributed by atoms with van der Waals surface area (Å²) in [4.78, 5) is 56.5. The van der Waals surface area contributed by atoms with Crippen molar-refractivity contribution in [3.63, 3.8) is 0 Å². The van der Waals surface area contributed by atoms with Gasteiger partial charge in [-0.25, -0.2) is 5.43 Å². The molecule has 0 radical (unpaired) electrons. The van der Waals surface area contributed by atoms with Gasteiger partial charge in [-0.3, -0.25) is 29.2 Å². The highest BCUT2D eigenvalue weighted by molar-refractivity contribution is 5.92. The largest absolute Gasteiger partial charge is 0.457 e. The zero-order valence-electron chi connectivity index (χ0n) is 24.3. The maximum absolute atomic E-state index is 13.2. The molecule has 0 saturated carbocycles. The zero-order chi connectivity index (χ0) is 29.5. The average molecular weight is 564 g/mol. The van der Waals surface area contributed by atoms with Crippen molar-refractivity contribution in [3.05, 3.63) is 53.9 Å². The van der Waals surface area contributed by atoms with Crippen LogP contribution in [-0.2, 0) is 30.3 Å². The fourth-order valence-electron chi connectivity index (χ4n) is 5.09. The van der Waals surface area contributed by atoms with E-state index in [0.29, 0.717) is 38.6 Å². The van der Waals surface area contributed by atoms with Gasteiger partial charge < -0.3 is 15.4 Å². The van der Waals surface area contributed by atoms with Gasteiger partial charge in [-0.05, 0) is 68.5 Å². The maximum atomic E-state index is 13.2. The van der Waals surface area contributed by atoms with Gasteiger partial charge in [-0.2, -0.15) is 0 Å². The molecule has 10 nitrogen and oxygen atoms in total. The summed E-state index contributed by atoms with van der Waals surface area (Å²) in [6, 6.07) is 5.64. The second-order valence-corrected chi connectivity index (χ2v) is 11.3. The number of pyridine rings is 1. The van der Waals surface area contributed by atoms with E-state index >= 15 is 0 Å². The number of nitrogens with zero attached hydrogens (tertiary/aromatic N) is 2. The molecule has 0 aliphatic carbocycles. The maximum Gasteiger partial charge on any atom is 0.325 e. The first-order valence-electron chi connectivity index (χ1n) is 14.5. The minimum absolute atomic E-state index is 0.168. The number of hydrogen-bond donors (Lipinski definition) is 3. The van der Waals surface area contributed by atoms with Crippen molar-refractivity contribution < 1.29 is 23.9 Å². The number of fused-ring (bicyclic) bond motifs is 4. The second-order valence-electron chi connectivity index (χ2n) is 11.3. The standard InChI is InChI=1S/C31H41N5O5/c1-19(2)28-29(38)33-20(3)30(39)36-15-9-11-26(35-36)31(40)41-21(4)22-13-14-23-18-32-25(17-24(23)16-22)10-7-5-6-8-12-27(37)34-28/h5,7,13-14,16-21,26,28,35H,6,8-12,15H2,1-4H3,(H,33,38)(H,34,37)/t20-,21+,26-,28-/m0/s1. The van der Waals surface area contributed by atoms with Crippen molar-refractivity contribution in [1.29, 1.82) is 0 Å². The predicted molar refractivity (Wildman–Crippen MR) is 155 cm³/mol. The molecular formula is C31H41N5O5. The molecule has 1 saturated heterocycles. The Labute approximate surface area is 241 Å². The van der Waals surface area contributed by atoms with E-state index in [1.807, 2.05) is 63.4 Å². The summed E-state index contributed by atoms with van der Waals surface area (Å²) in [6.07, 6.45) is 8.90. The molecule has 0 spiro atoms. The van der Waals surface area contributed by atoms with Crippen LogP contribution in [0.3, 0.4) is 0 Å². The molecule has 2 aromatic rings. The van der Waals surface area contributed by atoms with Crippen molar-refractivity contribution in [2.24, 2.45) is 5.92 Å². The highest BCUT2D eigenvalue weighted by Gasteiger charge is 2.33. The molecule has 10 heteroatoms. The highest BCUT2D eigenvalue weighted by Crippen LogP contribution is 2.24. The van der Waals surface area contributed by atoms with Crippen LogP contribution in [0, 0.1) is 5.92 Å². The number of rotatable bonds is 1. The molecule has 1 aromatic heterocycles. The normalized spacial score (nSPS) is 25.6. The Morgan fingerprint density at radius 3 is 2.59 bits per heavy atom. The Kier molecular flexibility index (Phi) is 10.1. The van der Waals surface area contributed by atoms with E-state index in [1.165, 1.54) is 5.01 Å². The SMILES string of the molecule is CC(C)[C@@H]1NC(=O)CCCC=CCc2cc3cc(ccc3cn2)[C@@H](C)OC(=O)[C@@H]2CCCN(N2)C(=O)[C@H](C)NC1=O. The molecule has 3 amide bonds. The number of aromatic nitrogens is 1. The summed E-state index contributed by atoms with van der Waals surface area (Å²) >= 11 is 0. The van der Waals surface area contributed by atoms with Gasteiger partial charge in [0.2, 0.25) is 11.8 Å². The van der Waals surface area contributed by atoms with E-state index < -0.39 is 36.1 Å². The van der Waals surface area contributed by atoms with E-state index in [4.69, 9.17) is 4.74 Å². The quantitative estimate of drug-likeness (QED) is 0.359. The molecule has 3 heterocycles. The van der Waals surface area contributed by atoms with Crippen LogP contribution in [0.25, 0.3) is 10.8 Å². The Morgan fingerprint density at radius 2 is 1.80 bits per heavy atom. The number of carbonyl (C=O) groups is 4. The Bertz CT molecular complexity index is 1310. The third-order valence-electron chi connectivity index (χ3n) is 7.56. The van der Waals surface area contributed by atoms with Crippen LogP contribution >= 0.6 is 0 Å². The number of hydrazine groups is 1. The van der Waals surface area contributed by atoms with Gasteiger partial charge in [0.1, 0.15) is 24.2 Å². The number of esters is 1. The average Bonchev–Trinajstić information content (AvgIpc) is 2.96. The van der Waals surface area contributed by atoms with Gasteiger partial charge in [0.05, 0.1) is 0 Å². The number of hydrogen-bond acceptors (Lipinski definition) is 7. The van der Waals surface area contributed by atoms with Gasteiger partial charge in [-0.15, -0.1) is 0 Å². The first kappa shape index (κ1) is 30.2. The zero-order valence-corrected chi connectivity index (χ0v) is 24.3. The van der Waals surface area contributed by atoms with Crippen molar-refractivity contribution in [2.45, 2.75) is 90.4 Å². The number of nitrogens with one attached hydrogen (secondary N) is 3. The first-order chi connectivity index (χ1) is 19.6. The highest BCUT2D eigenvalue weighted by atomic mass is 16.5. The lowest BCUT2D eigenvalue weighted by atomic mass is 10.0. The van der Waals surface area contributed by atoms with Gasteiger partial charge in [0.15, 0.2) is 0 Å². The van der Waals surface area contributed by atoms with E-state index in [2.05, 4.69) is 21.0 Å². The lowest BCUT2D eigenvalue weighted by Crippen LogP contribution is -2.61. The Hall–Kier alpha value is -3.79. The van der Waals surface area contributed by atoms with Crippen LogP contribution in [0.15, 0.2) is 42.6 Å². The first-order valence-corrected chi connectivity index (χ1v) is 14.5. The molecule has 3 N–H and O–H groups in total. The van der Waals surface area contributed by atoms with Crippen LogP contribution in [0.4, 0.5) is 0 Å². The molecule has 0 unspecified atom stereocenters. The number of cyclic esters (lactones) is 1.